The van der Waals surface area contributed by atoms with Crippen LogP contribution in [0, 0.1) is 5.82 Å². The first kappa shape index (κ1) is 21.4. The first-order valence-electron chi connectivity index (χ1n) is 9.54. The molecule has 0 bridgehead atoms. The number of hydrogen-bond acceptors (Lipinski definition) is 4. The van der Waals surface area contributed by atoms with E-state index in [9.17, 15) is 17.6 Å². The largest absolute Gasteiger partial charge is 0.492 e. The summed E-state index contributed by atoms with van der Waals surface area (Å²) in [6.07, 6.45) is -4.33. The lowest BCUT2D eigenvalue weighted by molar-refractivity contribution is -0.137. The van der Waals surface area contributed by atoms with Gasteiger partial charge in [-0.1, -0.05) is 12.1 Å². The van der Waals surface area contributed by atoms with Gasteiger partial charge in [-0.15, -0.1) is 0 Å². The Kier molecular flexibility index (Phi) is 7.33. The summed E-state index contributed by atoms with van der Waals surface area (Å²) in [5.41, 5.74) is -0.681. The van der Waals surface area contributed by atoms with Crippen molar-refractivity contribution in [3.63, 3.8) is 0 Å². The van der Waals surface area contributed by atoms with Crippen LogP contribution in [-0.2, 0) is 6.18 Å². The Bertz CT molecular complexity index is 760. The van der Waals surface area contributed by atoms with Gasteiger partial charge in [0, 0.05) is 39.3 Å². The molecule has 8 heteroatoms. The molecule has 0 N–H and O–H groups in total. The summed E-state index contributed by atoms with van der Waals surface area (Å²) in [4.78, 5) is 4.51. The normalized spacial score (nSPS) is 16.0. The van der Waals surface area contributed by atoms with E-state index in [0.29, 0.717) is 25.5 Å². The Balaban J connectivity index is 1.30. The van der Waals surface area contributed by atoms with Crippen molar-refractivity contribution in [2.45, 2.75) is 6.18 Å². The van der Waals surface area contributed by atoms with Crippen LogP contribution in [0.25, 0.3) is 0 Å². The third kappa shape index (κ3) is 6.61. The maximum Gasteiger partial charge on any atom is 0.416 e. The fourth-order valence-corrected chi connectivity index (χ4v) is 3.12. The minimum atomic E-state index is -4.33. The van der Waals surface area contributed by atoms with Crippen molar-refractivity contribution in [2.75, 3.05) is 52.5 Å². The predicted octanol–water partition coefficient (Wildman–Crippen LogP) is 3.92. The van der Waals surface area contributed by atoms with E-state index in [4.69, 9.17) is 9.47 Å². The van der Waals surface area contributed by atoms with E-state index in [1.807, 2.05) is 0 Å². The van der Waals surface area contributed by atoms with E-state index in [-0.39, 0.29) is 11.6 Å². The van der Waals surface area contributed by atoms with Crippen molar-refractivity contribution < 1.29 is 27.0 Å². The molecule has 0 aliphatic carbocycles. The van der Waals surface area contributed by atoms with Gasteiger partial charge in [0.15, 0.2) is 11.6 Å². The van der Waals surface area contributed by atoms with Crippen LogP contribution < -0.4 is 9.47 Å². The summed E-state index contributed by atoms with van der Waals surface area (Å²) >= 11 is 0. The van der Waals surface area contributed by atoms with Crippen molar-refractivity contribution in [3.05, 3.63) is 59.9 Å². The van der Waals surface area contributed by atoms with Crippen LogP contribution in [-0.4, -0.2) is 62.3 Å². The molecule has 0 radical (unpaired) electrons. The second kappa shape index (κ2) is 9.93. The van der Waals surface area contributed by atoms with Gasteiger partial charge in [-0.25, -0.2) is 4.39 Å². The molecule has 0 atom stereocenters. The molecule has 0 aromatic heterocycles. The van der Waals surface area contributed by atoms with Crippen molar-refractivity contribution in [1.82, 2.24) is 9.80 Å². The lowest BCUT2D eigenvalue weighted by atomic mass is 10.2. The molecule has 4 nitrogen and oxygen atoms in total. The molecular formula is C21H24F4N2O2. The third-order valence-corrected chi connectivity index (χ3v) is 4.82. The minimum Gasteiger partial charge on any atom is -0.492 e. The SMILES string of the molecule is Fc1ccccc1OCCN1CCN(CCOc2ccc(C(F)(F)F)cc2)CC1. The van der Waals surface area contributed by atoms with Gasteiger partial charge in [0.25, 0.3) is 0 Å². The molecule has 3 rings (SSSR count). The number of benzene rings is 2. The summed E-state index contributed by atoms with van der Waals surface area (Å²) in [6, 6.07) is 11.1. The van der Waals surface area contributed by atoms with Gasteiger partial charge in [-0.05, 0) is 36.4 Å². The zero-order valence-corrected chi connectivity index (χ0v) is 16.0. The molecule has 1 aliphatic rings. The molecule has 2 aromatic carbocycles. The van der Waals surface area contributed by atoms with E-state index < -0.39 is 11.7 Å². The molecule has 1 fully saturated rings. The van der Waals surface area contributed by atoms with E-state index in [1.54, 1.807) is 18.2 Å². The molecule has 0 spiro atoms. The number of halogens is 4. The van der Waals surface area contributed by atoms with Crippen molar-refractivity contribution >= 4 is 0 Å². The molecule has 1 aliphatic heterocycles. The summed E-state index contributed by atoms with van der Waals surface area (Å²) < 4.78 is 62.2. The Morgan fingerprint density at radius 2 is 1.31 bits per heavy atom. The van der Waals surface area contributed by atoms with Crippen molar-refractivity contribution in [2.24, 2.45) is 0 Å². The Morgan fingerprint density at radius 1 is 0.759 bits per heavy atom. The number of hydrogen-bond donors (Lipinski definition) is 0. The van der Waals surface area contributed by atoms with E-state index in [1.165, 1.54) is 18.2 Å². The third-order valence-electron chi connectivity index (χ3n) is 4.82. The lowest BCUT2D eigenvalue weighted by Crippen LogP contribution is -2.48. The summed E-state index contributed by atoms with van der Waals surface area (Å²) in [5, 5.41) is 0. The number of ether oxygens (including phenoxy) is 2. The molecule has 0 saturated carbocycles. The van der Waals surface area contributed by atoms with Crippen molar-refractivity contribution in [3.8, 4) is 11.5 Å². The van der Waals surface area contributed by atoms with Gasteiger partial charge in [-0.2, -0.15) is 13.2 Å². The van der Waals surface area contributed by atoms with Gasteiger partial charge in [0.2, 0.25) is 0 Å². The maximum absolute atomic E-state index is 13.5. The number of alkyl halides is 3. The van der Waals surface area contributed by atoms with Crippen LogP contribution in [0.5, 0.6) is 11.5 Å². The number of para-hydroxylation sites is 1. The van der Waals surface area contributed by atoms with Gasteiger partial charge < -0.3 is 9.47 Å². The predicted molar refractivity (Wildman–Crippen MR) is 102 cm³/mol. The fourth-order valence-electron chi connectivity index (χ4n) is 3.12. The zero-order chi connectivity index (χ0) is 20.7. The van der Waals surface area contributed by atoms with E-state index >= 15 is 0 Å². The standard InChI is InChI=1S/C21H24F4N2O2/c22-19-3-1-2-4-20(19)29-16-14-27-11-9-26(10-12-27)13-15-28-18-7-5-17(6-8-18)21(23,24)25/h1-8H,9-16H2. The average molecular weight is 412 g/mol. The second-order valence-corrected chi connectivity index (χ2v) is 6.83. The van der Waals surface area contributed by atoms with Crippen LogP contribution in [0.2, 0.25) is 0 Å². The highest BCUT2D eigenvalue weighted by Gasteiger charge is 2.30. The lowest BCUT2D eigenvalue weighted by Gasteiger charge is -2.34. The highest BCUT2D eigenvalue weighted by Crippen LogP contribution is 2.30. The molecular weight excluding hydrogens is 388 g/mol. The first-order valence-corrected chi connectivity index (χ1v) is 9.54. The van der Waals surface area contributed by atoms with Crippen LogP contribution >= 0.6 is 0 Å². The quantitative estimate of drug-likeness (QED) is 0.614. The summed E-state index contributed by atoms with van der Waals surface area (Å²) in [7, 11) is 0. The number of piperazine rings is 1. The number of nitrogens with zero attached hydrogens (tertiary/aromatic N) is 2. The fraction of sp³-hybridized carbons (Fsp3) is 0.429. The Hall–Kier alpha value is -2.32. The summed E-state index contributed by atoms with van der Waals surface area (Å²) in [5.74, 6) is 0.346. The molecule has 1 saturated heterocycles. The molecule has 2 aromatic rings. The van der Waals surface area contributed by atoms with Gasteiger partial charge in [0.05, 0.1) is 5.56 Å². The van der Waals surface area contributed by atoms with Crippen LogP contribution in [0.3, 0.4) is 0 Å². The molecule has 0 unspecified atom stereocenters. The van der Waals surface area contributed by atoms with Gasteiger partial charge >= 0.3 is 6.18 Å². The average Bonchev–Trinajstić information content (AvgIpc) is 2.70. The Labute approximate surface area is 167 Å². The molecule has 158 valence electrons. The smallest absolute Gasteiger partial charge is 0.416 e. The molecule has 29 heavy (non-hydrogen) atoms. The van der Waals surface area contributed by atoms with E-state index in [0.717, 1.165) is 44.9 Å². The highest BCUT2D eigenvalue weighted by molar-refractivity contribution is 5.28. The second-order valence-electron chi connectivity index (χ2n) is 6.83. The summed E-state index contributed by atoms with van der Waals surface area (Å²) in [6.45, 7) is 5.78. The van der Waals surface area contributed by atoms with Gasteiger partial charge in [-0.3, -0.25) is 9.80 Å². The van der Waals surface area contributed by atoms with Crippen molar-refractivity contribution in [1.29, 1.82) is 0 Å². The van der Waals surface area contributed by atoms with E-state index in [2.05, 4.69) is 9.80 Å². The maximum atomic E-state index is 13.5. The van der Waals surface area contributed by atoms with Crippen LogP contribution in [0.4, 0.5) is 17.6 Å². The van der Waals surface area contributed by atoms with Crippen LogP contribution in [0.15, 0.2) is 48.5 Å². The topological polar surface area (TPSA) is 24.9 Å². The molecule has 0 amide bonds. The zero-order valence-electron chi connectivity index (χ0n) is 16.0. The monoisotopic (exact) mass is 412 g/mol. The molecule has 1 heterocycles. The van der Waals surface area contributed by atoms with Gasteiger partial charge in [0.1, 0.15) is 19.0 Å². The minimum absolute atomic E-state index is 0.270. The first-order chi connectivity index (χ1) is 13.9. The Morgan fingerprint density at radius 3 is 1.86 bits per heavy atom. The number of rotatable bonds is 8. The van der Waals surface area contributed by atoms with Crippen LogP contribution in [0.1, 0.15) is 5.56 Å². The highest BCUT2D eigenvalue weighted by atomic mass is 19.4.